The van der Waals surface area contributed by atoms with Crippen LogP contribution in [0.5, 0.6) is 0 Å². The molecule has 1 aliphatic heterocycles. The van der Waals surface area contributed by atoms with E-state index in [2.05, 4.69) is 21.8 Å². The van der Waals surface area contributed by atoms with E-state index in [0.717, 1.165) is 30.0 Å². The predicted octanol–water partition coefficient (Wildman–Crippen LogP) is 2.50. The summed E-state index contributed by atoms with van der Waals surface area (Å²) in [6.07, 6.45) is 4.47. The van der Waals surface area contributed by atoms with E-state index in [1.807, 2.05) is 12.3 Å². The van der Waals surface area contributed by atoms with Crippen molar-refractivity contribution >= 4 is 5.69 Å². The summed E-state index contributed by atoms with van der Waals surface area (Å²) in [5.41, 5.74) is 2.21. The van der Waals surface area contributed by atoms with Crippen LogP contribution in [-0.2, 0) is 13.0 Å². The Labute approximate surface area is 99.3 Å². The number of anilines is 1. The number of rotatable bonds is 2. The Bertz CT molecular complexity index is 521. The molecule has 88 valence electrons. The Kier molecular flexibility index (Phi) is 2.35. The van der Waals surface area contributed by atoms with E-state index in [1.54, 1.807) is 12.3 Å². The molecule has 0 bridgehead atoms. The molecule has 1 aromatic heterocycles. The van der Waals surface area contributed by atoms with Crippen molar-refractivity contribution in [1.82, 2.24) is 9.97 Å². The van der Waals surface area contributed by atoms with E-state index >= 15 is 0 Å². The number of imidazole rings is 1. The van der Waals surface area contributed by atoms with Gasteiger partial charge in [-0.3, -0.25) is 0 Å². The zero-order valence-corrected chi connectivity index (χ0v) is 9.65. The molecule has 1 atom stereocenters. The summed E-state index contributed by atoms with van der Waals surface area (Å²) in [4.78, 5) is 9.59. The van der Waals surface area contributed by atoms with Gasteiger partial charge in [-0.05, 0) is 37.1 Å². The van der Waals surface area contributed by atoms with Crippen LogP contribution in [0.1, 0.15) is 18.3 Å². The van der Waals surface area contributed by atoms with Crippen LogP contribution in [-0.4, -0.2) is 16.0 Å². The van der Waals surface area contributed by atoms with Crippen LogP contribution < -0.4 is 4.90 Å². The second kappa shape index (κ2) is 3.87. The van der Waals surface area contributed by atoms with Gasteiger partial charge in [0, 0.05) is 24.1 Å². The van der Waals surface area contributed by atoms with Gasteiger partial charge in [0.15, 0.2) is 0 Å². The Morgan fingerprint density at radius 1 is 1.53 bits per heavy atom. The fourth-order valence-corrected chi connectivity index (χ4v) is 2.45. The monoisotopic (exact) mass is 231 g/mol. The highest BCUT2D eigenvalue weighted by atomic mass is 19.1. The molecule has 0 aliphatic carbocycles. The quantitative estimate of drug-likeness (QED) is 0.861. The number of aromatic nitrogens is 2. The number of halogens is 1. The number of nitrogens with one attached hydrogen (secondary N) is 1. The van der Waals surface area contributed by atoms with Gasteiger partial charge in [0.05, 0.1) is 6.54 Å². The largest absolute Gasteiger partial charge is 0.361 e. The zero-order chi connectivity index (χ0) is 11.8. The van der Waals surface area contributed by atoms with E-state index in [1.165, 1.54) is 6.07 Å². The van der Waals surface area contributed by atoms with Gasteiger partial charge in [-0.25, -0.2) is 9.37 Å². The molecule has 0 saturated heterocycles. The number of nitrogens with zero attached hydrogens (tertiary/aromatic N) is 2. The van der Waals surface area contributed by atoms with Crippen LogP contribution in [0, 0.1) is 5.82 Å². The van der Waals surface area contributed by atoms with Crippen molar-refractivity contribution in [3.8, 4) is 0 Å². The molecule has 0 spiro atoms. The molecule has 1 aliphatic rings. The van der Waals surface area contributed by atoms with Crippen molar-refractivity contribution in [2.75, 3.05) is 4.90 Å². The summed E-state index contributed by atoms with van der Waals surface area (Å²) in [7, 11) is 0. The lowest BCUT2D eigenvalue weighted by molar-refractivity contribution is 0.626. The number of aromatic amines is 1. The molecular formula is C13H14FN3. The van der Waals surface area contributed by atoms with Gasteiger partial charge in [0.2, 0.25) is 0 Å². The molecule has 0 radical (unpaired) electrons. The van der Waals surface area contributed by atoms with Gasteiger partial charge in [0.1, 0.15) is 11.6 Å². The van der Waals surface area contributed by atoms with Crippen LogP contribution in [0.4, 0.5) is 10.1 Å². The third-order valence-electron chi connectivity index (χ3n) is 3.27. The molecule has 0 unspecified atom stereocenters. The highest BCUT2D eigenvalue weighted by molar-refractivity contribution is 5.59. The Morgan fingerprint density at radius 3 is 3.18 bits per heavy atom. The molecule has 0 amide bonds. The highest BCUT2D eigenvalue weighted by Gasteiger charge is 2.26. The summed E-state index contributed by atoms with van der Waals surface area (Å²) in [5, 5.41) is 0. The third kappa shape index (κ3) is 1.79. The van der Waals surface area contributed by atoms with E-state index < -0.39 is 0 Å². The first-order valence-electron chi connectivity index (χ1n) is 5.77. The Hall–Kier alpha value is -1.84. The lowest BCUT2D eigenvalue weighted by Crippen LogP contribution is -2.29. The maximum atomic E-state index is 13.2. The molecule has 3 rings (SSSR count). The zero-order valence-electron chi connectivity index (χ0n) is 9.65. The molecule has 0 fully saturated rings. The fraction of sp³-hybridized carbons (Fsp3) is 0.308. The minimum atomic E-state index is -0.157. The summed E-state index contributed by atoms with van der Waals surface area (Å²) >= 11 is 0. The number of hydrogen-bond donors (Lipinski definition) is 1. The van der Waals surface area contributed by atoms with Crippen LogP contribution in [0.25, 0.3) is 0 Å². The highest BCUT2D eigenvalue weighted by Crippen LogP contribution is 2.33. The molecule has 2 aromatic rings. The summed E-state index contributed by atoms with van der Waals surface area (Å²) in [5.74, 6) is 0.782. The maximum absolute atomic E-state index is 13.2. The van der Waals surface area contributed by atoms with Gasteiger partial charge >= 0.3 is 0 Å². The van der Waals surface area contributed by atoms with Crippen molar-refractivity contribution in [3.05, 3.63) is 47.8 Å². The van der Waals surface area contributed by atoms with Crippen LogP contribution in [0.3, 0.4) is 0 Å². The average Bonchev–Trinajstić information content (AvgIpc) is 2.88. The average molecular weight is 231 g/mol. The van der Waals surface area contributed by atoms with Crippen molar-refractivity contribution in [3.63, 3.8) is 0 Å². The molecular weight excluding hydrogens is 217 g/mol. The standard InChI is InChI=1S/C13H14FN3/c1-9-6-10-7-11(14)2-3-12(10)17(9)8-13-15-4-5-16-13/h2-5,7,9H,6,8H2,1H3,(H,15,16)/t9-/m0/s1. The van der Waals surface area contributed by atoms with E-state index in [4.69, 9.17) is 0 Å². The van der Waals surface area contributed by atoms with Crippen molar-refractivity contribution < 1.29 is 4.39 Å². The van der Waals surface area contributed by atoms with Crippen LogP contribution in [0.15, 0.2) is 30.6 Å². The normalized spacial score (nSPS) is 18.5. The predicted molar refractivity (Wildman–Crippen MR) is 64.3 cm³/mol. The number of fused-ring (bicyclic) bond motifs is 1. The molecule has 0 saturated carbocycles. The SMILES string of the molecule is C[C@H]1Cc2cc(F)ccc2N1Cc1ncc[nH]1. The molecule has 1 aromatic carbocycles. The molecule has 3 nitrogen and oxygen atoms in total. The summed E-state index contributed by atoms with van der Waals surface area (Å²) in [6.45, 7) is 2.90. The third-order valence-corrected chi connectivity index (χ3v) is 3.27. The van der Waals surface area contributed by atoms with Crippen molar-refractivity contribution in [1.29, 1.82) is 0 Å². The summed E-state index contributed by atoms with van der Waals surface area (Å²) in [6, 6.07) is 5.40. The molecule has 1 N–H and O–H groups in total. The molecule has 4 heteroatoms. The topological polar surface area (TPSA) is 31.9 Å². The molecule has 2 heterocycles. The van der Waals surface area contributed by atoms with Gasteiger partial charge in [-0.2, -0.15) is 0 Å². The van der Waals surface area contributed by atoms with Gasteiger partial charge < -0.3 is 9.88 Å². The van der Waals surface area contributed by atoms with E-state index in [-0.39, 0.29) is 5.82 Å². The number of hydrogen-bond acceptors (Lipinski definition) is 2. The summed E-state index contributed by atoms with van der Waals surface area (Å²) < 4.78 is 13.2. The minimum absolute atomic E-state index is 0.157. The fourth-order valence-electron chi connectivity index (χ4n) is 2.45. The first-order chi connectivity index (χ1) is 8.24. The Balaban J connectivity index is 1.91. The first-order valence-corrected chi connectivity index (χ1v) is 5.77. The van der Waals surface area contributed by atoms with Gasteiger partial charge in [0.25, 0.3) is 0 Å². The van der Waals surface area contributed by atoms with Crippen molar-refractivity contribution in [2.45, 2.75) is 25.9 Å². The molecule has 17 heavy (non-hydrogen) atoms. The Morgan fingerprint density at radius 2 is 2.41 bits per heavy atom. The smallest absolute Gasteiger partial charge is 0.125 e. The van der Waals surface area contributed by atoms with Crippen LogP contribution >= 0.6 is 0 Å². The lowest BCUT2D eigenvalue weighted by Gasteiger charge is -2.23. The van der Waals surface area contributed by atoms with Gasteiger partial charge in [-0.15, -0.1) is 0 Å². The second-order valence-corrected chi connectivity index (χ2v) is 4.49. The number of benzene rings is 1. The van der Waals surface area contributed by atoms with E-state index in [0.29, 0.717) is 6.04 Å². The van der Waals surface area contributed by atoms with E-state index in [9.17, 15) is 4.39 Å². The number of H-pyrrole nitrogens is 1. The maximum Gasteiger partial charge on any atom is 0.125 e. The van der Waals surface area contributed by atoms with Crippen LogP contribution in [0.2, 0.25) is 0 Å². The van der Waals surface area contributed by atoms with Crippen molar-refractivity contribution in [2.24, 2.45) is 0 Å². The van der Waals surface area contributed by atoms with Gasteiger partial charge in [-0.1, -0.05) is 0 Å². The first kappa shape index (κ1) is 10.3. The lowest BCUT2D eigenvalue weighted by atomic mass is 10.1. The minimum Gasteiger partial charge on any atom is -0.361 e. The second-order valence-electron chi connectivity index (χ2n) is 4.49.